The largest absolute Gasteiger partial charge is 0.449 e. The van der Waals surface area contributed by atoms with Gasteiger partial charge in [-0.15, -0.1) is 0 Å². The van der Waals surface area contributed by atoms with E-state index in [4.69, 9.17) is 10.5 Å². The highest BCUT2D eigenvalue weighted by atomic mass is 16.6. The highest BCUT2D eigenvalue weighted by molar-refractivity contribution is 5.68. The van der Waals surface area contributed by atoms with E-state index in [2.05, 4.69) is 0 Å². The predicted octanol–water partition coefficient (Wildman–Crippen LogP) is 2.05. The molecule has 4 nitrogen and oxygen atoms in total. The van der Waals surface area contributed by atoms with E-state index in [9.17, 15) is 4.79 Å². The molecule has 0 bridgehead atoms. The van der Waals surface area contributed by atoms with Crippen LogP contribution < -0.4 is 5.73 Å². The number of carbonyl (C=O) groups is 1. The van der Waals surface area contributed by atoms with Crippen LogP contribution in [0.3, 0.4) is 0 Å². The van der Waals surface area contributed by atoms with Crippen LogP contribution in [0.1, 0.15) is 30.5 Å². The standard InChI is InChI=1S/C13H18N2O2/c1-10(15-7-2-8-17-13(15)16)12-5-3-11(9-14)4-6-12/h3-6,10H,2,7-9,14H2,1H3. The molecule has 1 fully saturated rings. The van der Waals surface area contributed by atoms with Crippen LogP contribution >= 0.6 is 0 Å². The average Bonchev–Trinajstić information content (AvgIpc) is 2.39. The van der Waals surface area contributed by atoms with Crippen LogP contribution in [0.4, 0.5) is 4.79 Å². The minimum atomic E-state index is -0.216. The minimum Gasteiger partial charge on any atom is -0.449 e. The number of rotatable bonds is 3. The van der Waals surface area contributed by atoms with Crippen molar-refractivity contribution in [1.29, 1.82) is 0 Å². The van der Waals surface area contributed by atoms with Gasteiger partial charge in [0, 0.05) is 13.1 Å². The van der Waals surface area contributed by atoms with Gasteiger partial charge in [0.2, 0.25) is 0 Å². The highest BCUT2D eigenvalue weighted by Crippen LogP contribution is 2.23. The van der Waals surface area contributed by atoms with Gasteiger partial charge in [-0.25, -0.2) is 4.79 Å². The van der Waals surface area contributed by atoms with Crippen molar-refractivity contribution >= 4 is 6.09 Å². The third-order valence-corrected chi connectivity index (χ3v) is 3.17. The maximum atomic E-state index is 11.6. The summed E-state index contributed by atoms with van der Waals surface area (Å²) in [5.41, 5.74) is 7.77. The van der Waals surface area contributed by atoms with Crippen molar-refractivity contribution < 1.29 is 9.53 Å². The van der Waals surface area contributed by atoms with Gasteiger partial charge in [0.1, 0.15) is 0 Å². The van der Waals surface area contributed by atoms with E-state index in [-0.39, 0.29) is 12.1 Å². The Hall–Kier alpha value is -1.55. The van der Waals surface area contributed by atoms with Crippen LogP contribution in [-0.4, -0.2) is 24.1 Å². The van der Waals surface area contributed by atoms with Gasteiger partial charge in [-0.05, 0) is 24.5 Å². The van der Waals surface area contributed by atoms with Gasteiger partial charge >= 0.3 is 6.09 Å². The first-order chi connectivity index (χ1) is 8.22. The van der Waals surface area contributed by atoms with Gasteiger partial charge < -0.3 is 15.4 Å². The molecular weight excluding hydrogens is 216 g/mol. The lowest BCUT2D eigenvalue weighted by molar-refractivity contribution is 0.0580. The van der Waals surface area contributed by atoms with Crippen molar-refractivity contribution in [3.63, 3.8) is 0 Å². The number of hydrogen-bond donors (Lipinski definition) is 1. The molecule has 1 aliphatic heterocycles. The second-order valence-electron chi connectivity index (χ2n) is 4.28. The molecule has 1 heterocycles. The van der Waals surface area contributed by atoms with Crippen molar-refractivity contribution in [2.24, 2.45) is 5.73 Å². The highest BCUT2D eigenvalue weighted by Gasteiger charge is 2.25. The normalized spacial score (nSPS) is 17.8. The molecule has 2 rings (SSSR count). The fourth-order valence-corrected chi connectivity index (χ4v) is 2.03. The molecule has 1 amide bonds. The number of cyclic esters (lactones) is 1. The Morgan fingerprint density at radius 2 is 2.12 bits per heavy atom. The van der Waals surface area contributed by atoms with Crippen molar-refractivity contribution in [2.45, 2.75) is 25.9 Å². The zero-order valence-corrected chi connectivity index (χ0v) is 10.1. The number of benzene rings is 1. The molecule has 2 N–H and O–H groups in total. The van der Waals surface area contributed by atoms with Crippen molar-refractivity contribution in [3.05, 3.63) is 35.4 Å². The molecule has 0 aliphatic carbocycles. The van der Waals surface area contributed by atoms with E-state index < -0.39 is 0 Å². The van der Waals surface area contributed by atoms with E-state index in [1.165, 1.54) is 0 Å². The fraction of sp³-hybridized carbons (Fsp3) is 0.462. The fourth-order valence-electron chi connectivity index (χ4n) is 2.03. The molecule has 17 heavy (non-hydrogen) atoms. The zero-order chi connectivity index (χ0) is 12.3. The lowest BCUT2D eigenvalue weighted by atomic mass is 10.0. The zero-order valence-electron chi connectivity index (χ0n) is 10.1. The van der Waals surface area contributed by atoms with Gasteiger partial charge in [0.15, 0.2) is 0 Å². The van der Waals surface area contributed by atoms with Gasteiger partial charge in [-0.2, -0.15) is 0 Å². The van der Waals surface area contributed by atoms with E-state index in [0.29, 0.717) is 13.2 Å². The molecule has 1 aromatic carbocycles. The SMILES string of the molecule is CC(c1ccc(CN)cc1)N1CCCOC1=O. The van der Waals surface area contributed by atoms with E-state index >= 15 is 0 Å². The van der Waals surface area contributed by atoms with Crippen molar-refractivity contribution in [2.75, 3.05) is 13.2 Å². The summed E-state index contributed by atoms with van der Waals surface area (Å²) < 4.78 is 5.04. The Balaban J connectivity index is 2.12. The van der Waals surface area contributed by atoms with E-state index in [1.807, 2.05) is 31.2 Å². The van der Waals surface area contributed by atoms with Gasteiger partial charge in [-0.3, -0.25) is 0 Å². The van der Waals surface area contributed by atoms with Crippen LogP contribution in [0.15, 0.2) is 24.3 Å². The monoisotopic (exact) mass is 234 g/mol. The first kappa shape index (κ1) is 11.9. The molecule has 92 valence electrons. The van der Waals surface area contributed by atoms with E-state index in [1.54, 1.807) is 4.90 Å². The van der Waals surface area contributed by atoms with Gasteiger partial charge in [0.25, 0.3) is 0 Å². The number of amides is 1. The quantitative estimate of drug-likeness (QED) is 0.870. The Morgan fingerprint density at radius 1 is 1.41 bits per heavy atom. The minimum absolute atomic E-state index is 0.0506. The summed E-state index contributed by atoms with van der Waals surface area (Å²) in [7, 11) is 0. The van der Waals surface area contributed by atoms with E-state index in [0.717, 1.165) is 24.1 Å². The second-order valence-corrected chi connectivity index (χ2v) is 4.28. The van der Waals surface area contributed by atoms with Crippen molar-refractivity contribution in [3.8, 4) is 0 Å². The Kier molecular flexibility index (Phi) is 3.64. The average molecular weight is 234 g/mol. The summed E-state index contributed by atoms with van der Waals surface area (Å²) >= 11 is 0. The molecule has 0 saturated carbocycles. The van der Waals surface area contributed by atoms with Crippen LogP contribution in [0.2, 0.25) is 0 Å². The summed E-state index contributed by atoms with van der Waals surface area (Å²) in [6.45, 7) is 3.86. The van der Waals surface area contributed by atoms with Crippen LogP contribution in [0.5, 0.6) is 0 Å². The molecule has 1 unspecified atom stereocenters. The first-order valence-corrected chi connectivity index (χ1v) is 5.94. The van der Waals surface area contributed by atoms with Crippen LogP contribution in [0.25, 0.3) is 0 Å². The summed E-state index contributed by atoms with van der Waals surface area (Å²) in [6, 6.07) is 8.10. The molecule has 1 aliphatic rings. The number of ether oxygens (including phenoxy) is 1. The molecular formula is C13H18N2O2. The summed E-state index contributed by atoms with van der Waals surface area (Å²) in [5.74, 6) is 0. The molecule has 0 aromatic heterocycles. The second kappa shape index (κ2) is 5.19. The Morgan fingerprint density at radius 3 is 2.71 bits per heavy atom. The lowest BCUT2D eigenvalue weighted by Crippen LogP contribution is -2.39. The first-order valence-electron chi connectivity index (χ1n) is 5.94. The smallest absolute Gasteiger partial charge is 0.410 e. The molecule has 1 atom stereocenters. The summed E-state index contributed by atoms with van der Waals surface area (Å²) in [4.78, 5) is 13.4. The third kappa shape index (κ3) is 2.58. The number of nitrogens with zero attached hydrogens (tertiary/aromatic N) is 1. The maximum absolute atomic E-state index is 11.6. The topological polar surface area (TPSA) is 55.6 Å². The maximum Gasteiger partial charge on any atom is 0.410 e. The molecule has 0 radical (unpaired) electrons. The van der Waals surface area contributed by atoms with Gasteiger partial charge in [-0.1, -0.05) is 24.3 Å². The molecule has 1 aromatic rings. The Labute approximate surface area is 101 Å². The van der Waals surface area contributed by atoms with Gasteiger partial charge in [0.05, 0.1) is 12.6 Å². The molecule has 0 spiro atoms. The lowest BCUT2D eigenvalue weighted by Gasteiger charge is -2.32. The molecule has 4 heteroatoms. The predicted molar refractivity (Wildman–Crippen MR) is 65.4 cm³/mol. The van der Waals surface area contributed by atoms with Crippen LogP contribution in [-0.2, 0) is 11.3 Å². The Bertz CT molecular complexity index is 389. The van der Waals surface area contributed by atoms with Crippen LogP contribution in [0, 0.1) is 0 Å². The third-order valence-electron chi connectivity index (χ3n) is 3.17. The summed E-state index contributed by atoms with van der Waals surface area (Å²) in [6.07, 6.45) is 0.684. The number of nitrogens with two attached hydrogens (primary N) is 1. The number of hydrogen-bond acceptors (Lipinski definition) is 3. The van der Waals surface area contributed by atoms with Crippen molar-refractivity contribution in [1.82, 2.24) is 4.90 Å². The summed E-state index contributed by atoms with van der Waals surface area (Å²) in [5, 5.41) is 0. The molecule has 1 saturated heterocycles. The number of carbonyl (C=O) groups excluding carboxylic acids is 1.